The van der Waals surface area contributed by atoms with Crippen molar-refractivity contribution in [2.45, 2.75) is 181 Å². The third-order valence-electron chi connectivity index (χ3n) is 2.98. The quantitative estimate of drug-likeness (QED) is 0.368. The lowest BCUT2D eigenvalue weighted by molar-refractivity contribution is 0.626. The molecule has 0 heterocycles. The molecule has 0 fully saturated rings. The van der Waals surface area contributed by atoms with E-state index in [9.17, 15) is 0 Å². The summed E-state index contributed by atoms with van der Waals surface area (Å²) in [7, 11) is 0. The Kier molecular flexibility index (Phi) is 134. The van der Waals surface area contributed by atoms with E-state index in [0.717, 1.165) is 5.92 Å². The molecule has 0 aliphatic heterocycles. The molecule has 0 radical (unpaired) electrons. The molecular weight excluding hydrogens is 336 g/mol. The molecule has 0 saturated carbocycles. The van der Waals surface area contributed by atoms with E-state index in [4.69, 9.17) is 0 Å². The molecular formula is C28H70. The number of rotatable bonds is 7. The maximum Gasteiger partial charge on any atom is -0.0474 e. The standard InChI is InChI=1S/C6H14.2C5H12.C4H10.2C3H8.C2H6/c1-3-5-6-4-2;1-4-5(2)3;1-3-5-4-2;1-3-4-2;2*1-3-2;1-2/h3-6H2,1-2H3;5H,4H2,1-3H3;3-5H2,1-2H3;3-4H2,1-2H3;2*3H2,1-2H3;1-2H3. The molecule has 0 atom stereocenters. The second kappa shape index (κ2) is 81.1. The molecule has 0 bridgehead atoms. The molecule has 0 N–H and O–H groups in total. The van der Waals surface area contributed by atoms with Crippen molar-refractivity contribution in [2.24, 2.45) is 5.92 Å². The zero-order valence-corrected chi connectivity index (χ0v) is 24.1. The average molecular weight is 407 g/mol. The van der Waals surface area contributed by atoms with Crippen molar-refractivity contribution in [3.8, 4) is 0 Å². The van der Waals surface area contributed by atoms with Crippen molar-refractivity contribution in [3.63, 3.8) is 0 Å². The predicted molar refractivity (Wildman–Crippen MR) is 144 cm³/mol. The van der Waals surface area contributed by atoms with Gasteiger partial charge in [-0.25, -0.2) is 0 Å². The van der Waals surface area contributed by atoms with Crippen LogP contribution < -0.4 is 0 Å². The van der Waals surface area contributed by atoms with Crippen molar-refractivity contribution >= 4 is 0 Å². The monoisotopic (exact) mass is 407 g/mol. The van der Waals surface area contributed by atoms with Crippen LogP contribution in [0.15, 0.2) is 0 Å². The average Bonchev–Trinajstić information content (AvgIpc) is 2.71. The molecule has 28 heavy (non-hydrogen) atoms. The van der Waals surface area contributed by atoms with E-state index in [1.165, 1.54) is 77.0 Å². The summed E-state index contributed by atoms with van der Waals surface area (Å²) in [6.45, 7) is 32.4. The normalized spacial score (nSPS) is 7.71. The Labute approximate surface area is 187 Å². The third-order valence-corrected chi connectivity index (χ3v) is 2.98. The van der Waals surface area contributed by atoms with Gasteiger partial charge in [0.15, 0.2) is 0 Å². The molecule has 0 saturated heterocycles. The van der Waals surface area contributed by atoms with Gasteiger partial charge in [0.1, 0.15) is 0 Å². The van der Waals surface area contributed by atoms with Crippen LogP contribution in [0.1, 0.15) is 181 Å². The van der Waals surface area contributed by atoms with Gasteiger partial charge in [0.25, 0.3) is 0 Å². The smallest absolute Gasteiger partial charge is 0.0474 e. The van der Waals surface area contributed by atoms with Gasteiger partial charge < -0.3 is 0 Å². The SMILES string of the molecule is CC.CCC.CCC.CCC(C)C.CCCC.CCCCC.CCCCCC. The van der Waals surface area contributed by atoms with E-state index in [0.29, 0.717) is 0 Å². The largest absolute Gasteiger partial charge is 0.0683 e. The Balaban J connectivity index is -0.0000000377. The molecule has 0 aromatic rings. The molecule has 0 aromatic carbocycles. The highest BCUT2D eigenvalue weighted by Gasteiger charge is 1.80. The van der Waals surface area contributed by atoms with Gasteiger partial charge in [0.05, 0.1) is 0 Å². The zero-order valence-electron chi connectivity index (χ0n) is 24.1. The van der Waals surface area contributed by atoms with Crippen LogP contribution >= 0.6 is 0 Å². The molecule has 0 heteroatoms. The molecule has 0 aliphatic carbocycles. The van der Waals surface area contributed by atoms with E-state index in [1.807, 2.05) is 13.8 Å². The van der Waals surface area contributed by atoms with Gasteiger partial charge in [-0.05, 0) is 5.92 Å². The summed E-state index contributed by atoms with van der Waals surface area (Å²) in [5, 5.41) is 0. The second-order valence-electron chi connectivity index (χ2n) is 7.28. The molecule has 0 nitrogen and oxygen atoms in total. The van der Waals surface area contributed by atoms with Crippen LogP contribution in [-0.4, -0.2) is 0 Å². The Morgan fingerprint density at radius 2 is 0.571 bits per heavy atom. The highest BCUT2D eigenvalue weighted by Crippen LogP contribution is 1.95. The molecule has 0 aliphatic rings. The van der Waals surface area contributed by atoms with Crippen LogP contribution in [0.2, 0.25) is 0 Å². The zero-order chi connectivity index (χ0) is 24.1. The highest BCUT2D eigenvalue weighted by molar-refractivity contribution is 4.33. The summed E-state index contributed by atoms with van der Waals surface area (Å²) in [6.07, 6.45) is 16.1. The first kappa shape index (κ1) is 46.3. The second-order valence-corrected chi connectivity index (χ2v) is 7.28. The molecule has 0 unspecified atom stereocenters. The fourth-order valence-electron chi connectivity index (χ4n) is 0.854. The van der Waals surface area contributed by atoms with Crippen molar-refractivity contribution in [1.82, 2.24) is 0 Å². The minimum absolute atomic E-state index is 0.884. The maximum absolute atomic E-state index is 2.23. The Morgan fingerprint density at radius 1 is 0.393 bits per heavy atom. The lowest BCUT2D eigenvalue weighted by Gasteiger charge is -1.90. The van der Waals surface area contributed by atoms with Gasteiger partial charge in [-0.3, -0.25) is 0 Å². The van der Waals surface area contributed by atoms with Gasteiger partial charge in [0, 0.05) is 0 Å². The van der Waals surface area contributed by atoms with Gasteiger partial charge >= 0.3 is 0 Å². The van der Waals surface area contributed by atoms with E-state index in [-0.39, 0.29) is 0 Å². The number of unbranched alkanes of at least 4 members (excludes halogenated alkanes) is 6. The van der Waals surface area contributed by atoms with E-state index >= 15 is 0 Å². The topological polar surface area (TPSA) is 0 Å². The fraction of sp³-hybridized carbons (Fsp3) is 1.00. The lowest BCUT2D eigenvalue weighted by Crippen LogP contribution is -1.77. The summed E-state index contributed by atoms with van der Waals surface area (Å²) >= 11 is 0. The van der Waals surface area contributed by atoms with Crippen LogP contribution in [0.25, 0.3) is 0 Å². The number of hydrogen-bond acceptors (Lipinski definition) is 0. The first-order chi connectivity index (χ1) is 13.3. The van der Waals surface area contributed by atoms with Crippen LogP contribution in [0.4, 0.5) is 0 Å². The number of hydrogen-bond donors (Lipinski definition) is 0. The summed E-state index contributed by atoms with van der Waals surface area (Å²) in [5.41, 5.74) is 0. The summed E-state index contributed by atoms with van der Waals surface area (Å²) in [6, 6.07) is 0. The first-order valence-electron chi connectivity index (χ1n) is 13.3. The molecule has 0 aromatic heterocycles. The molecule has 0 amide bonds. The van der Waals surface area contributed by atoms with Crippen LogP contribution in [0.5, 0.6) is 0 Å². The Bertz CT molecular complexity index is 105. The van der Waals surface area contributed by atoms with Gasteiger partial charge in [-0.15, -0.1) is 0 Å². The predicted octanol–water partition coefficient (Wildman–Crippen LogP) is 12.5. The summed E-state index contributed by atoms with van der Waals surface area (Å²) in [4.78, 5) is 0. The van der Waals surface area contributed by atoms with E-state index < -0.39 is 0 Å². The van der Waals surface area contributed by atoms with Crippen molar-refractivity contribution in [2.75, 3.05) is 0 Å². The van der Waals surface area contributed by atoms with Gasteiger partial charge in [0.2, 0.25) is 0 Å². The third kappa shape index (κ3) is 254. The van der Waals surface area contributed by atoms with Gasteiger partial charge in [-0.1, -0.05) is 181 Å². The maximum atomic E-state index is 2.23. The van der Waals surface area contributed by atoms with Crippen LogP contribution in [0.3, 0.4) is 0 Å². The molecule has 182 valence electrons. The summed E-state index contributed by atoms with van der Waals surface area (Å²) in [5.74, 6) is 0.884. The molecule has 0 rings (SSSR count). The lowest BCUT2D eigenvalue weighted by atomic mass is 10.2. The molecule has 0 spiro atoms. The van der Waals surface area contributed by atoms with Gasteiger partial charge in [-0.2, -0.15) is 0 Å². The van der Waals surface area contributed by atoms with Crippen molar-refractivity contribution in [1.29, 1.82) is 0 Å². The minimum Gasteiger partial charge on any atom is -0.0683 e. The van der Waals surface area contributed by atoms with E-state index in [2.05, 4.69) is 90.0 Å². The van der Waals surface area contributed by atoms with Crippen LogP contribution in [0, 0.1) is 5.92 Å². The van der Waals surface area contributed by atoms with E-state index in [1.54, 1.807) is 0 Å². The van der Waals surface area contributed by atoms with Crippen molar-refractivity contribution < 1.29 is 0 Å². The summed E-state index contributed by atoms with van der Waals surface area (Å²) < 4.78 is 0. The van der Waals surface area contributed by atoms with Crippen LogP contribution in [-0.2, 0) is 0 Å². The highest BCUT2D eigenvalue weighted by atomic mass is 13.9. The van der Waals surface area contributed by atoms with Crippen molar-refractivity contribution in [3.05, 3.63) is 0 Å². The first-order valence-corrected chi connectivity index (χ1v) is 13.3. The Morgan fingerprint density at radius 3 is 0.607 bits per heavy atom. The minimum atomic E-state index is 0.884. The Hall–Kier alpha value is 0. The fourth-order valence-corrected chi connectivity index (χ4v) is 0.854.